The highest BCUT2D eigenvalue weighted by Gasteiger charge is 2.26. The Kier molecular flexibility index (Phi) is 2.41. The van der Waals surface area contributed by atoms with Crippen LogP contribution in [-0.4, -0.2) is 29.9 Å². The molecule has 0 saturated heterocycles. The molecule has 0 radical (unpaired) electrons. The minimum atomic E-state index is 0.0743. The maximum atomic E-state index is 5.90. The van der Waals surface area contributed by atoms with Crippen molar-refractivity contribution in [1.82, 2.24) is 10.2 Å². The van der Waals surface area contributed by atoms with Gasteiger partial charge >= 0.3 is 0 Å². The van der Waals surface area contributed by atoms with Gasteiger partial charge in [0.05, 0.1) is 6.54 Å². The molecule has 2 heterocycles. The second-order valence-electron chi connectivity index (χ2n) is 3.27. The minimum absolute atomic E-state index is 0.0743. The predicted molar refractivity (Wildman–Crippen MR) is 55.4 cm³/mol. The highest BCUT2D eigenvalue weighted by atomic mass is 35.5. The summed E-state index contributed by atoms with van der Waals surface area (Å²) in [5.74, 6) is 0.521. The third-order valence-electron chi connectivity index (χ3n) is 2.06. The van der Waals surface area contributed by atoms with E-state index in [-0.39, 0.29) is 11.3 Å². The molecule has 0 bridgehead atoms. The first kappa shape index (κ1) is 9.80. The summed E-state index contributed by atoms with van der Waals surface area (Å²) in [6.45, 7) is 2.72. The predicted octanol–water partition coefficient (Wildman–Crippen LogP) is 2.00. The smallest absolute Gasteiger partial charge is 0.195 e. The average Bonchev–Trinajstić information content (AvgIpc) is 2.10. The molecular formula is C8H9Cl2N3O. The Labute approximate surface area is 91.8 Å². The molecular weight excluding hydrogens is 225 g/mol. The number of aromatic nitrogens is 2. The van der Waals surface area contributed by atoms with E-state index in [1.165, 1.54) is 0 Å². The van der Waals surface area contributed by atoms with Crippen LogP contribution in [0.25, 0.3) is 0 Å². The zero-order valence-electron chi connectivity index (χ0n) is 7.79. The molecule has 0 aliphatic carbocycles. The standard InChI is InChI=1S/C8H9Cl2N3O/c1-4-3-13(2)5-6(14-4)8(10)12-11-7(5)9/h4H,3H2,1-2H3. The number of fused-ring (bicyclic) bond motifs is 1. The Balaban J connectivity index is 2.57. The topological polar surface area (TPSA) is 38.2 Å². The van der Waals surface area contributed by atoms with Crippen LogP contribution in [0.15, 0.2) is 0 Å². The lowest BCUT2D eigenvalue weighted by Gasteiger charge is -2.32. The number of rotatable bonds is 0. The maximum absolute atomic E-state index is 5.90. The van der Waals surface area contributed by atoms with E-state index in [2.05, 4.69) is 10.2 Å². The molecule has 1 unspecified atom stereocenters. The van der Waals surface area contributed by atoms with Gasteiger partial charge in [0.2, 0.25) is 0 Å². The molecule has 0 aromatic carbocycles. The fraction of sp³-hybridized carbons (Fsp3) is 0.500. The Morgan fingerprint density at radius 3 is 2.71 bits per heavy atom. The summed E-state index contributed by atoms with van der Waals surface area (Å²) in [5.41, 5.74) is 0.713. The van der Waals surface area contributed by atoms with Gasteiger partial charge in [-0.2, -0.15) is 0 Å². The first-order valence-electron chi connectivity index (χ1n) is 4.19. The molecule has 1 aliphatic heterocycles. The second kappa shape index (κ2) is 3.44. The van der Waals surface area contributed by atoms with Crippen LogP contribution < -0.4 is 9.64 Å². The number of anilines is 1. The number of likely N-dealkylation sites (N-methyl/N-ethyl adjacent to an activating group) is 1. The molecule has 0 N–H and O–H groups in total. The van der Waals surface area contributed by atoms with E-state index >= 15 is 0 Å². The van der Waals surface area contributed by atoms with Crippen LogP contribution in [0.4, 0.5) is 5.69 Å². The van der Waals surface area contributed by atoms with Crippen molar-refractivity contribution in [1.29, 1.82) is 0 Å². The molecule has 1 atom stereocenters. The summed E-state index contributed by atoms with van der Waals surface area (Å²) in [6.07, 6.45) is 0.0743. The summed E-state index contributed by atoms with van der Waals surface area (Å²) in [6, 6.07) is 0. The van der Waals surface area contributed by atoms with E-state index in [9.17, 15) is 0 Å². The maximum Gasteiger partial charge on any atom is 0.195 e. The van der Waals surface area contributed by atoms with E-state index in [4.69, 9.17) is 27.9 Å². The summed E-state index contributed by atoms with van der Waals surface area (Å²) >= 11 is 11.8. The van der Waals surface area contributed by atoms with Crippen molar-refractivity contribution in [3.63, 3.8) is 0 Å². The van der Waals surface area contributed by atoms with Crippen molar-refractivity contribution in [3.8, 4) is 5.75 Å². The Bertz CT molecular complexity index is 372. The first-order valence-corrected chi connectivity index (χ1v) is 4.94. The summed E-state index contributed by atoms with van der Waals surface area (Å²) < 4.78 is 5.55. The normalized spacial score (nSPS) is 20.3. The van der Waals surface area contributed by atoms with Gasteiger partial charge in [0.1, 0.15) is 11.8 Å². The van der Waals surface area contributed by atoms with Crippen LogP contribution in [0.2, 0.25) is 10.3 Å². The van der Waals surface area contributed by atoms with Crippen LogP contribution in [0.3, 0.4) is 0 Å². The fourth-order valence-electron chi connectivity index (χ4n) is 1.52. The fourth-order valence-corrected chi connectivity index (χ4v) is 1.96. The van der Waals surface area contributed by atoms with Crippen LogP contribution >= 0.6 is 23.2 Å². The summed E-state index contributed by atoms with van der Waals surface area (Å²) in [5, 5.41) is 7.99. The van der Waals surface area contributed by atoms with Crippen LogP contribution in [0, 0.1) is 0 Å². The molecule has 0 spiro atoms. The van der Waals surface area contributed by atoms with Crippen LogP contribution in [0.1, 0.15) is 6.92 Å². The molecule has 1 aliphatic rings. The molecule has 4 nitrogen and oxygen atoms in total. The van der Waals surface area contributed by atoms with Gasteiger partial charge in [-0.3, -0.25) is 0 Å². The van der Waals surface area contributed by atoms with E-state index in [0.29, 0.717) is 16.6 Å². The summed E-state index contributed by atoms with van der Waals surface area (Å²) in [4.78, 5) is 1.96. The van der Waals surface area contributed by atoms with Gasteiger partial charge in [0, 0.05) is 7.05 Å². The van der Waals surface area contributed by atoms with E-state index < -0.39 is 0 Å². The molecule has 1 aromatic rings. The zero-order chi connectivity index (χ0) is 10.3. The molecule has 0 saturated carbocycles. The molecule has 76 valence electrons. The van der Waals surface area contributed by atoms with Crippen molar-refractivity contribution in [3.05, 3.63) is 10.3 Å². The van der Waals surface area contributed by atoms with Crippen LogP contribution in [-0.2, 0) is 0 Å². The molecule has 1 aromatic heterocycles. The number of hydrogen-bond donors (Lipinski definition) is 0. The van der Waals surface area contributed by atoms with Crippen molar-refractivity contribution in [2.24, 2.45) is 0 Å². The van der Waals surface area contributed by atoms with Gasteiger partial charge in [-0.05, 0) is 6.92 Å². The lowest BCUT2D eigenvalue weighted by molar-refractivity contribution is 0.214. The SMILES string of the molecule is CC1CN(C)c2c(Cl)nnc(Cl)c2O1. The molecule has 6 heteroatoms. The van der Waals surface area contributed by atoms with Crippen LogP contribution in [0.5, 0.6) is 5.75 Å². The van der Waals surface area contributed by atoms with E-state index in [1.54, 1.807) is 0 Å². The van der Waals surface area contributed by atoms with Gasteiger partial charge in [-0.15, -0.1) is 10.2 Å². The number of ether oxygens (including phenoxy) is 1. The Morgan fingerprint density at radius 1 is 1.36 bits per heavy atom. The minimum Gasteiger partial charge on any atom is -0.483 e. The molecule has 0 amide bonds. The Morgan fingerprint density at radius 2 is 2.00 bits per heavy atom. The van der Waals surface area contributed by atoms with Crippen molar-refractivity contribution in [2.45, 2.75) is 13.0 Å². The van der Waals surface area contributed by atoms with Gasteiger partial charge in [0.25, 0.3) is 0 Å². The Hall–Kier alpha value is -0.740. The monoisotopic (exact) mass is 233 g/mol. The van der Waals surface area contributed by atoms with Gasteiger partial charge < -0.3 is 9.64 Å². The molecule has 2 rings (SSSR count). The summed E-state index contributed by atoms with van der Waals surface area (Å²) in [7, 11) is 1.92. The highest BCUT2D eigenvalue weighted by Crippen LogP contribution is 2.40. The van der Waals surface area contributed by atoms with E-state index in [1.807, 2.05) is 18.9 Å². The van der Waals surface area contributed by atoms with Crippen molar-refractivity contribution < 1.29 is 4.74 Å². The van der Waals surface area contributed by atoms with E-state index in [0.717, 1.165) is 6.54 Å². The first-order chi connectivity index (χ1) is 6.59. The largest absolute Gasteiger partial charge is 0.483 e. The molecule has 14 heavy (non-hydrogen) atoms. The van der Waals surface area contributed by atoms with Gasteiger partial charge in [0.15, 0.2) is 16.1 Å². The lowest BCUT2D eigenvalue weighted by atomic mass is 10.2. The quantitative estimate of drug-likeness (QED) is 0.688. The van der Waals surface area contributed by atoms with Crippen molar-refractivity contribution >= 4 is 28.9 Å². The second-order valence-corrected chi connectivity index (χ2v) is 3.98. The zero-order valence-corrected chi connectivity index (χ0v) is 9.30. The van der Waals surface area contributed by atoms with Crippen molar-refractivity contribution in [2.75, 3.05) is 18.5 Å². The number of halogens is 2. The third-order valence-corrected chi connectivity index (χ3v) is 2.56. The highest BCUT2D eigenvalue weighted by molar-refractivity contribution is 6.34. The number of hydrogen-bond acceptors (Lipinski definition) is 4. The number of nitrogens with zero attached hydrogens (tertiary/aromatic N) is 3. The molecule has 0 fully saturated rings. The third kappa shape index (κ3) is 1.48. The van der Waals surface area contributed by atoms with Gasteiger partial charge in [-0.25, -0.2) is 0 Å². The lowest BCUT2D eigenvalue weighted by Crippen LogP contribution is -2.36. The van der Waals surface area contributed by atoms with Gasteiger partial charge in [-0.1, -0.05) is 23.2 Å². The average molecular weight is 234 g/mol.